The standard InChI is InChI=1S/C15H19N3/c1-12-11-18(14-9-3-2-4-10-14)15(16-12)17-13-7-5-6-8-13/h2-4,9-11,13H,5-8H2,1H3,(H,16,17). The van der Waals surface area contributed by atoms with Crippen LogP contribution in [0.5, 0.6) is 0 Å². The van der Waals surface area contributed by atoms with E-state index in [0.717, 1.165) is 11.6 Å². The molecule has 0 aliphatic heterocycles. The first kappa shape index (κ1) is 11.3. The number of imidazole rings is 1. The van der Waals surface area contributed by atoms with Crippen LogP contribution in [0, 0.1) is 6.92 Å². The highest BCUT2D eigenvalue weighted by Gasteiger charge is 2.17. The van der Waals surface area contributed by atoms with Gasteiger partial charge in [-0.25, -0.2) is 4.98 Å². The monoisotopic (exact) mass is 241 g/mol. The summed E-state index contributed by atoms with van der Waals surface area (Å²) in [5.74, 6) is 0.977. The summed E-state index contributed by atoms with van der Waals surface area (Å²) in [5.41, 5.74) is 2.22. The highest BCUT2D eigenvalue weighted by Crippen LogP contribution is 2.23. The van der Waals surface area contributed by atoms with E-state index < -0.39 is 0 Å². The van der Waals surface area contributed by atoms with Crippen LogP contribution in [0.15, 0.2) is 36.5 Å². The van der Waals surface area contributed by atoms with Crippen LogP contribution in [-0.4, -0.2) is 15.6 Å². The summed E-state index contributed by atoms with van der Waals surface area (Å²) in [6.07, 6.45) is 7.29. The van der Waals surface area contributed by atoms with E-state index in [-0.39, 0.29) is 0 Å². The molecule has 94 valence electrons. The maximum absolute atomic E-state index is 4.60. The molecule has 0 bridgehead atoms. The Balaban J connectivity index is 1.89. The number of anilines is 1. The van der Waals surface area contributed by atoms with Gasteiger partial charge in [-0.2, -0.15) is 0 Å². The van der Waals surface area contributed by atoms with Gasteiger partial charge in [-0.3, -0.25) is 4.57 Å². The Morgan fingerprint density at radius 3 is 2.61 bits per heavy atom. The molecular weight excluding hydrogens is 222 g/mol. The molecule has 0 radical (unpaired) electrons. The Labute approximate surface area is 108 Å². The molecule has 1 N–H and O–H groups in total. The number of aromatic nitrogens is 2. The molecule has 18 heavy (non-hydrogen) atoms. The summed E-state index contributed by atoms with van der Waals surface area (Å²) in [6.45, 7) is 2.04. The number of aryl methyl sites for hydroxylation is 1. The van der Waals surface area contributed by atoms with Gasteiger partial charge >= 0.3 is 0 Å². The predicted octanol–water partition coefficient (Wildman–Crippen LogP) is 3.54. The highest BCUT2D eigenvalue weighted by atomic mass is 15.2. The Morgan fingerprint density at radius 1 is 1.17 bits per heavy atom. The average molecular weight is 241 g/mol. The Morgan fingerprint density at radius 2 is 1.89 bits per heavy atom. The van der Waals surface area contributed by atoms with E-state index in [4.69, 9.17) is 0 Å². The van der Waals surface area contributed by atoms with Crippen molar-refractivity contribution in [2.45, 2.75) is 38.6 Å². The first-order valence-corrected chi connectivity index (χ1v) is 6.71. The highest BCUT2D eigenvalue weighted by molar-refractivity contribution is 5.43. The lowest BCUT2D eigenvalue weighted by Gasteiger charge is -2.14. The normalized spacial score (nSPS) is 16.1. The van der Waals surface area contributed by atoms with Crippen LogP contribution in [-0.2, 0) is 0 Å². The fraction of sp³-hybridized carbons (Fsp3) is 0.400. The van der Waals surface area contributed by atoms with E-state index in [2.05, 4.69) is 45.3 Å². The van der Waals surface area contributed by atoms with Crippen molar-refractivity contribution >= 4 is 5.95 Å². The Bertz CT molecular complexity index is 510. The number of hydrogen-bond acceptors (Lipinski definition) is 2. The second kappa shape index (κ2) is 4.84. The zero-order valence-corrected chi connectivity index (χ0v) is 10.8. The second-order valence-corrected chi connectivity index (χ2v) is 5.04. The van der Waals surface area contributed by atoms with Crippen LogP contribution in [0.25, 0.3) is 5.69 Å². The van der Waals surface area contributed by atoms with E-state index in [0.29, 0.717) is 6.04 Å². The summed E-state index contributed by atoms with van der Waals surface area (Å²) in [5, 5.41) is 3.58. The quantitative estimate of drug-likeness (QED) is 0.890. The third-order valence-electron chi connectivity index (χ3n) is 3.55. The number of nitrogens with one attached hydrogen (secondary N) is 1. The van der Waals surface area contributed by atoms with E-state index in [9.17, 15) is 0 Å². The number of hydrogen-bond donors (Lipinski definition) is 1. The van der Waals surface area contributed by atoms with E-state index in [1.807, 2.05) is 13.0 Å². The molecule has 1 aliphatic rings. The van der Waals surface area contributed by atoms with Gasteiger partial charge in [-0.15, -0.1) is 0 Å². The molecule has 1 aliphatic carbocycles. The molecule has 0 unspecified atom stereocenters. The Kier molecular flexibility index (Phi) is 3.05. The van der Waals surface area contributed by atoms with Gasteiger partial charge < -0.3 is 5.32 Å². The lowest BCUT2D eigenvalue weighted by Crippen LogP contribution is -2.17. The van der Waals surface area contributed by atoms with Crippen molar-refractivity contribution in [1.82, 2.24) is 9.55 Å². The summed E-state index contributed by atoms with van der Waals surface area (Å²) < 4.78 is 2.15. The van der Waals surface area contributed by atoms with E-state index >= 15 is 0 Å². The van der Waals surface area contributed by atoms with Crippen LogP contribution >= 0.6 is 0 Å². The minimum absolute atomic E-state index is 0.592. The molecule has 0 atom stereocenters. The minimum Gasteiger partial charge on any atom is -0.353 e. The zero-order chi connectivity index (χ0) is 12.4. The van der Waals surface area contributed by atoms with Gasteiger partial charge in [0.2, 0.25) is 5.95 Å². The molecular formula is C15H19N3. The average Bonchev–Trinajstić information content (AvgIpc) is 3.01. The fourth-order valence-corrected chi connectivity index (χ4v) is 2.64. The van der Waals surface area contributed by atoms with Crippen molar-refractivity contribution in [2.75, 3.05) is 5.32 Å². The third kappa shape index (κ3) is 2.26. The van der Waals surface area contributed by atoms with Crippen LogP contribution in [0.3, 0.4) is 0 Å². The van der Waals surface area contributed by atoms with Crippen molar-refractivity contribution in [3.63, 3.8) is 0 Å². The minimum atomic E-state index is 0.592. The first-order valence-electron chi connectivity index (χ1n) is 6.71. The summed E-state index contributed by atoms with van der Waals surface area (Å²) in [7, 11) is 0. The van der Waals surface area contributed by atoms with E-state index in [1.165, 1.54) is 31.4 Å². The van der Waals surface area contributed by atoms with Gasteiger partial charge in [0.1, 0.15) is 0 Å². The SMILES string of the molecule is Cc1cn(-c2ccccc2)c(NC2CCCC2)n1. The fourth-order valence-electron chi connectivity index (χ4n) is 2.64. The maximum atomic E-state index is 4.60. The van der Waals surface area contributed by atoms with E-state index in [1.54, 1.807) is 0 Å². The molecule has 1 saturated carbocycles. The van der Waals surface area contributed by atoms with Crippen LogP contribution in [0.4, 0.5) is 5.95 Å². The van der Waals surface area contributed by atoms with Gasteiger partial charge in [-0.1, -0.05) is 31.0 Å². The molecule has 0 saturated heterocycles. The molecule has 2 aromatic rings. The van der Waals surface area contributed by atoms with Crippen molar-refractivity contribution in [3.8, 4) is 5.69 Å². The predicted molar refractivity (Wildman–Crippen MR) is 74.2 cm³/mol. The summed E-state index contributed by atoms with van der Waals surface area (Å²) >= 11 is 0. The van der Waals surface area contributed by atoms with Crippen molar-refractivity contribution in [2.24, 2.45) is 0 Å². The number of para-hydroxylation sites is 1. The molecule has 1 heterocycles. The first-order chi connectivity index (χ1) is 8.83. The van der Waals surface area contributed by atoms with Gasteiger partial charge in [0.05, 0.1) is 5.69 Å². The van der Waals surface area contributed by atoms with Gasteiger partial charge in [0.15, 0.2) is 0 Å². The molecule has 1 aromatic carbocycles. The van der Waals surface area contributed by atoms with Crippen molar-refractivity contribution < 1.29 is 0 Å². The number of benzene rings is 1. The molecule has 1 aromatic heterocycles. The van der Waals surface area contributed by atoms with Crippen LogP contribution < -0.4 is 5.32 Å². The molecule has 3 nitrogen and oxygen atoms in total. The molecule has 0 amide bonds. The van der Waals surface area contributed by atoms with Crippen LogP contribution in [0.2, 0.25) is 0 Å². The summed E-state index contributed by atoms with van der Waals surface area (Å²) in [6, 6.07) is 11.0. The van der Waals surface area contributed by atoms with Gasteiger partial charge in [0.25, 0.3) is 0 Å². The topological polar surface area (TPSA) is 29.9 Å². The lowest BCUT2D eigenvalue weighted by molar-refractivity contribution is 0.740. The molecule has 3 heteroatoms. The number of rotatable bonds is 3. The van der Waals surface area contributed by atoms with Crippen molar-refractivity contribution in [3.05, 3.63) is 42.2 Å². The Hall–Kier alpha value is -1.77. The van der Waals surface area contributed by atoms with Crippen molar-refractivity contribution in [1.29, 1.82) is 0 Å². The molecule has 0 spiro atoms. The van der Waals surface area contributed by atoms with Gasteiger partial charge in [0, 0.05) is 17.9 Å². The smallest absolute Gasteiger partial charge is 0.207 e. The maximum Gasteiger partial charge on any atom is 0.207 e. The number of nitrogens with zero attached hydrogens (tertiary/aromatic N) is 2. The van der Waals surface area contributed by atoms with Crippen LogP contribution in [0.1, 0.15) is 31.4 Å². The summed E-state index contributed by atoms with van der Waals surface area (Å²) in [4.78, 5) is 4.60. The van der Waals surface area contributed by atoms with Gasteiger partial charge in [-0.05, 0) is 31.9 Å². The molecule has 3 rings (SSSR count). The second-order valence-electron chi connectivity index (χ2n) is 5.04. The largest absolute Gasteiger partial charge is 0.353 e. The molecule has 1 fully saturated rings. The third-order valence-corrected chi connectivity index (χ3v) is 3.55. The zero-order valence-electron chi connectivity index (χ0n) is 10.8. The lowest BCUT2D eigenvalue weighted by atomic mass is 10.2.